The van der Waals surface area contributed by atoms with Crippen molar-refractivity contribution in [2.24, 2.45) is 0 Å². The van der Waals surface area contributed by atoms with Crippen LogP contribution in [0.2, 0.25) is 0 Å². The number of ether oxygens (including phenoxy) is 1. The number of nitrogens with one attached hydrogen (secondary N) is 1. The van der Waals surface area contributed by atoms with Gasteiger partial charge in [-0.1, -0.05) is 37.3 Å². The Balaban J connectivity index is 2.07. The summed E-state index contributed by atoms with van der Waals surface area (Å²) in [7, 11) is 2.27. The summed E-state index contributed by atoms with van der Waals surface area (Å²) in [5, 5.41) is 3.73. The first kappa shape index (κ1) is 16.5. The summed E-state index contributed by atoms with van der Waals surface area (Å²) in [5.41, 5.74) is 1.39. The van der Waals surface area contributed by atoms with Crippen LogP contribution in [0.1, 0.15) is 44.7 Å². The highest BCUT2D eigenvalue weighted by Crippen LogP contribution is 2.24. The van der Waals surface area contributed by atoms with Gasteiger partial charge in [-0.15, -0.1) is 0 Å². The predicted octanol–water partition coefficient (Wildman–Crippen LogP) is 3.23. The normalized spacial score (nSPS) is 19.6. The number of rotatable bonds is 7. The smallest absolute Gasteiger partial charge is 0.0480 e. The summed E-state index contributed by atoms with van der Waals surface area (Å²) < 4.78 is 5.50. The minimum Gasteiger partial charge on any atom is -0.381 e. The Kier molecular flexibility index (Phi) is 6.68. The van der Waals surface area contributed by atoms with Crippen LogP contribution >= 0.6 is 0 Å². The highest BCUT2D eigenvalue weighted by molar-refractivity contribution is 5.20. The Morgan fingerprint density at radius 1 is 1.24 bits per heavy atom. The van der Waals surface area contributed by atoms with Crippen molar-refractivity contribution in [1.82, 2.24) is 10.2 Å². The second-order valence-electron chi connectivity index (χ2n) is 6.09. The van der Waals surface area contributed by atoms with E-state index >= 15 is 0 Å². The molecular formula is C18H30N2O. The maximum atomic E-state index is 5.50. The molecule has 1 N–H and O–H groups in total. The van der Waals surface area contributed by atoms with Gasteiger partial charge in [0, 0.05) is 31.3 Å². The molecule has 2 rings (SSSR count). The minimum atomic E-state index is 0.388. The zero-order valence-electron chi connectivity index (χ0n) is 13.7. The van der Waals surface area contributed by atoms with Crippen molar-refractivity contribution in [2.75, 3.05) is 26.8 Å². The molecule has 2 unspecified atom stereocenters. The predicted molar refractivity (Wildman–Crippen MR) is 88.5 cm³/mol. The standard InChI is InChI=1S/C18H30N2O/c1-4-12-19-18(16-8-6-5-7-9-16)15(2)20(3)17-10-13-21-14-11-17/h5-9,15,17-19H,4,10-14H2,1-3H3. The average molecular weight is 290 g/mol. The highest BCUT2D eigenvalue weighted by Gasteiger charge is 2.28. The van der Waals surface area contributed by atoms with E-state index in [2.05, 4.69) is 61.4 Å². The fraction of sp³-hybridized carbons (Fsp3) is 0.667. The molecule has 0 amide bonds. The van der Waals surface area contributed by atoms with Crippen LogP contribution in [0.15, 0.2) is 30.3 Å². The molecule has 1 aliphatic heterocycles. The van der Waals surface area contributed by atoms with Gasteiger partial charge in [0.15, 0.2) is 0 Å². The fourth-order valence-corrected chi connectivity index (χ4v) is 3.19. The molecule has 1 aromatic carbocycles. The van der Waals surface area contributed by atoms with E-state index in [-0.39, 0.29) is 0 Å². The summed E-state index contributed by atoms with van der Waals surface area (Å²) in [6.07, 6.45) is 3.46. The number of hydrogen-bond donors (Lipinski definition) is 1. The van der Waals surface area contributed by atoms with E-state index in [4.69, 9.17) is 4.74 Å². The Morgan fingerprint density at radius 3 is 2.52 bits per heavy atom. The lowest BCUT2D eigenvalue weighted by Crippen LogP contribution is -2.47. The first-order chi connectivity index (χ1) is 10.2. The Bertz CT molecular complexity index is 389. The molecule has 1 fully saturated rings. The Morgan fingerprint density at radius 2 is 1.90 bits per heavy atom. The fourth-order valence-electron chi connectivity index (χ4n) is 3.19. The maximum Gasteiger partial charge on any atom is 0.0480 e. The third-order valence-corrected chi connectivity index (χ3v) is 4.66. The van der Waals surface area contributed by atoms with Crippen LogP contribution in [-0.2, 0) is 4.74 Å². The summed E-state index contributed by atoms with van der Waals surface area (Å²) in [6.45, 7) is 7.43. The van der Waals surface area contributed by atoms with Gasteiger partial charge in [-0.25, -0.2) is 0 Å². The molecule has 1 aliphatic rings. The van der Waals surface area contributed by atoms with Gasteiger partial charge < -0.3 is 10.1 Å². The third kappa shape index (κ3) is 4.53. The molecule has 0 saturated carbocycles. The van der Waals surface area contributed by atoms with Gasteiger partial charge in [0.25, 0.3) is 0 Å². The molecule has 0 aromatic heterocycles. The highest BCUT2D eigenvalue weighted by atomic mass is 16.5. The van der Waals surface area contributed by atoms with Gasteiger partial charge in [0.2, 0.25) is 0 Å². The second-order valence-corrected chi connectivity index (χ2v) is 6.09. The molecular weight excluding hydrogens is 260 g/mol. The zero-order chi connectivity index (χ0) is 15.1. The molecule has 0 bridgehead atoms. The van der Waals surface area contributed by atoms with Crippen LogP contribution in [0, 0.1) is 0 Å². The van der Waals surface area contributed by atoms with Crippen molar-refractivity contribution in [2.45, 2.75) is 51.2 Å². The van der Waals surface area contributed by atoms with Crippen LogP contribution in [0.4, 0.5) is 0 Å². The van der Waals surface area contributed by atoms with E-state index in [1.54, 1.807) is 0 Å². The van der Waals surface area contributed by atoms with Crippen LogP contribution in [0.25, 0.3) is 0 Å². The van der Waals surface area contributed by atoms with Gasteiger partial charge in [-0.2, -0.15) is 0 Å². The van der Waals surface area contributed by atoms with Crippen molar-refractivity contribution < 1.29 is 4.74 Å². The first-order valence-corrected chi connectivity index (χ1v) is 8.32. The van der Waals surface area contributed by atoms with Crippen LogP contribution in [-0.4, -0.2) is 43.8 Å². The first-order valence-electron chi connectivity index (χ1n) is 8.32. The second kappa shape index (κ2) is 8.52. The van der Waals surface area contributed by atoms with Gasteiger partial charge in [-0.05, 0) is 45.3 Å². The molecule has 1 heterocycles. The number of likely N-dealkylation sites (N-methyl/N-ethyl adjacent to an activating group) is 1. The molecule has 21 heavy (non-hydrogen) atoms. The summed E-state index contributed by atoms with van der Waals surface area (Å²) >= 11 is 0. The molecule has 0 spiro atoms. The zero-order valence-corrected chi connectivity index (χ0v) is 13.7. The number of hydrogen-bond acceptors (Lipinski definition) is 3. The molecule has 1 saturated heterocycles. The van der Waals surface area contributed by atoms with Crippen molar-refractivity contribution in [3.8, 4) is 0 Å². The lowest BCUT2D eigenvalue weighted by atomic mass is 9.96. The Hall–Kier alpha value is -0.900. The number of benzene rings is 1. The molecule has 3 nitrogen and oxygen atoms in total. The van der Waals surface area contributed by atoms with E-state index in [1.165, 1.54) is 5.56 Å². The van der Waals surface area contributed by atoms with Gasteiger partial charge >= 0.3 is 0 Å². The molecule has 2 atom stereocenters. The minimum absolute atomic E-state index is 0.388. The largest absolute Gasteiger partial charge is 0.381 e. The molecule has 0 aliphatic carbocycles. The van der Waals surface area contributed by atoms with Crippen LogP contribution in [0.5, 0.6) is 0 Å². The summed E-state index contributed by atoms with van der Waals surface area (Å²) in [4.78, 5) is 2.54. The topological polar surface area (TPSA) is 24.5 Å². The van der Waals surface area contributed by atoms with Gasteiger partial charge in [0.05, 0.1) is 0 Å². The molecule has 118 valence electrons. The van der Waals surface area contributed by atoms with Crippen molar-refractivity contribution in [1.29, 1.82) is 0 Å². The lowest BCUT2D eigenvalue weighted by Gasteiger charge is -2.39. The van der Waals surface area contributed by atoms with E-state index in [1.807, 2.05) is 0 Å². The maximum absolute atomic E-state index is 5.50. The monoisotopic (exact) mass is 290 g/mol. The van der Waals surface area contributed by atoms with E-state index < -0.39 is 0 Å². The third-order valence-electron chi connectivity index (χ3n) is 4.66. The van der Waals surface area contributed by atoms with Crippen LogP contribution < -0.4 is 5.32 Å². The van der Waals surface area contributed by atoms with E-state index in [0.29, 0.717) is 18.1 Å². The SMILES string of the molecule is CCCNC(c1ccccc1)C(C)N(C)C1CCOCC1. The van der Waals surface area contributed by atoms with Crippen molar-refractivity contribution in [3.63, 3.8) is 0 Å². The molecule has 0 radical (unpaired) electrons. The molecule has 3 heteroatoms. The van der Waals surface area contributed by atoms with E-state index in [0.717, 1.165) is 39.0 Å². The quantitative estimate of drug-likeness (QED) is 0.834. The summed E-state index contributed by atoms with van der Waals surface area (Å²) in [5.74, 6) is 0. The van der Waals surface area contributed by atoms with E-state index in [9.17, 15) is 0 Å². The number of nitrogens with zero attached hydrogens (tertiary/aromatic N) is 1. The van der Waals surface area contributed by atoms with Gasteiger partial charge in [0.1, 0.15) is 0 Å². The lowest BCUT2D eigenvalue weighted by molar-refractivity contribution is 0.0248. The average Bonchev–Trinajstić information content (AvgIpc) is 2.56. The summed E-state index contributed by atoms with van der Waals surface area (Å²) in [6, 6.07) is 12.3. The van der Waals surface area contributed by atoms with Gasteiger partial charge in [-0.3, -0.25) is 4.90 Å². The molecule has 1 aromatic rings. The Labute approximate surface area is 129 Å². The van der Waals surface area contributed by atoms with Crippen LogP contribution in [0.3, 0.4) is 0 Å². The van der Waals surface area contributed by atoms with Crippen molar-refractivity contribution >= 4 is 0 Å². The van der Waals surface area contributed by atoms with Crippen molar-refractivity contribution in [3.05, 3.63) is 35.9 Å².